The van der Waals surface area contributed by atoms with E-state index in [0.717, 1.165) is 13.0 Å². The van der Waals surface area contributed by atoms with E-state index in [9.17, 15) is 0 Å². The summed E-state index contributed by atoms with van der Waals surface area (Å²) in [6.45, 7) is 7.48. The molecule has 0 saturated heterocycles. The molecule has 0 aliphatic rings. The van der Waals surface area contributed by atoms with Gasteiger partial charge in [-0.2, -0.15) is 0 Å². The molecule has 2 nitrogen and oxygen atoms in total. The summed E-state index contributed by atoms with van der Waals surface area (Å²) in [4.78, 5) is 2.27. The van der Waals surface area contributed by atoms with Gasteiger partial charge in [-0.05, 0) is 31.4 Å². The zero-order valence-electron chi connectivity index (χ0n) is 10.9. The lowest BCUT2D eigenvalue weighted by molar-refractivity contribution is 0.466. The summed E-state index contributed by atoms with van der Waals surface area (Å²) >= 11 is 0. The fraction of sp³-hybridized carbons (Fsp3) is 0.571. The molecule has 0 radical (unpaired) electrons. The van der Waals surface area contributed by atoms with Crippen molar-refractivity contribution in [1.29, 1.82) is 0 Å². The van der Waals surface area contributed by atoms with Crippen molar-refractivity contribution < 1.29 is 0 Å². The van der Waals surface area contributed by atoms with Gasteiger partial charge >= 0.3 is 0 Å². The maximum absolute atomic E-state index is 6.04. The Balaban J connectivity index is 2.46. The maximum atomic E-state index is 6.04. The molecule has 0 aliphatic carbocycles. The molecule has 2 heteroatoms. The summed E-state index contributed by atoms with van der Waals surface area (Å²) in [5.41, 5.74) is 8.61. The van der Waals surface area contributed by atoms with Gasteiger partial charge < -0.3 is 10.6 Å². The molecule has 0 saturated carbocycles. The van der Waals surface area contributed by atoms with Crippen molar-refractivity contribution in [3.8, 4) is 0 Å². The Bertz CT molecular complexity index is 303. The number of rotatable bonds is 5. The minimum atomic E-state index is 0.299. The van der Waals surface area contributed by atoms with Crippen LogP contribution in [0.3, 0.4) is 0 Å². The number of nitrogens with zero attached hydrogens (tertiary/aromatic N) is 1. The fourth-order valence-corrected chi connectivity index (χ4v) is 1.60. The van der Waals surface area contributed by atoms with Crippen LogP contribution in [0.15, 0.2) is 24.3 Å². The first-order valence-electron chi connectivity index (χ1n) is 6.04. The number of benzene rings is 1. The maximum Gasteiger partial charge on any atom is 0.0363 e. The third-order valence-electron chi connectivity index (χ3n) is 3.13. The highest BCUT2D eigenvalue weighted by atomic mass is 15.1. The Labute approximate surface area is 99.5 Å². The van der Waals surface area contributed by atoms with Crippen molar-refractivity contribution in [2.75, 3.05) is 18.5 Å². The van der Waals surface area contributed by atoms with Crippen LogP contribution in [0.4, 0.5) is 5.69 Å². The number of aryl methyl sites for hydroxylation is 1. The molecule has 1 unspecified atom stereocenters. The van der Waals surface area contributed by atoms with Crippen LogP contribution in [-0.2, 0) is 0 Å². The third kappa shape index (κ3) is 3.86. The third-order valence-corrected chi connectivity index (χ3v) is 3.13. The summed E-state index contributed by atoms with van der Waals surface area (Å²) < 4.78 is 0. The van der Waals surface area contributed by atoms with Gasteiger partial charge in [-0.3, -0.25) is 0 Å². The molecule has 1 aromatic rings. The van der Waals surface area contributed by atoms with Gasteiger partial charge in [0.05, 0.1) is 0 Å². The number of hydrogen-bond donors (Lipinski definition) is 1. The van der Waals surface area contributed by atoms with Gasteiger partial charge in [0.15, 0.2) is 0 Å². The molecule has 0 fully saturated rings. The average Bonchev–Trinajstić information content (AvgIpc) is 2.26. The molecule has 0 aliphatic heterocycles. The molecular weight excluding hydrogens is 196 g/mol. The van der Waals surface area contributed by atoms with E-state index in [4.69, 9.17) is 5.73 Å². The molecule has 0 aromatic heterocycles. The quantitative estimate of drug-likeness (QED) is 0.826. The van der Waals surface area contributed by atoms with Crippen LogP contribution in [0.5, 0.6) is 0 Å². The monoisotopic (exact) mass is 220 g/mol. The van der Waals surface area contributed by atoms with E-state index < -0.39 is 0 Å². The number of anilines is 1. The van der Waals surface area contributed by atoms with Gasteiger partial charge in [0, 0.05) is 25.3 Å². The van der Waals surface area contributed by atoms with E-state index in [1.807, 2.05) is 0 Å². The van der Waals surface area contributed by atoms with Crippen molar-refractivity contribution in [3.05, 3.63) is 29.8 Å². The normalized spacial score (nSPS) is 12.9. The largest absolute Gasteiger partial charge is 0.375 e. The highest BCUT2D eigenvalue weighted by Crippen LogP contribution is 2.14. The van der Waals surface area contributed by atoms with E-state index in [0.29, 0.717) is 12.0 Å². The molecule has 90 valence electrons. The summed E-state index contributed by atoms with van der Waals surface area (Å²) in [7, 11) is 2.12. The van der Waals surface area contributed by atoms with E-state index >= 15 is 0 Å². The van der Waals surface area contributed by atoms with E-state index in [1.165, 1.54) is 11.3 Å². The van der Waals surface area contributed by atoms with Crippen LogP contribution in [0, 0.1) is 12.8 Å². The van der Waals surface area contributed by atoms with Gasteiger partial charge in [0.1, 0.15) is 0 Å². The van der Waals surface area contributed by atoms with Gasteiger partial charge in [0.2, 0.25) is 0 Å². The molecule has 0 heterocycles. The molecule has 1 atom stereocenters. The molecule has 2 N–H and O–H groups in total. The van der Waals surface area contributed by atoms with Crippen LogP contribution < -0.4 is 10.6 Å². The second-order valence-corrected chi connectivity index (χ2v) is 4.95. The Hall–Kier alpha value is -1.02. The van der Waals surface area contributed by atoms with E-state index in [-0.39, 0.29) is 0 Å². The molecule has 0 spiro atoms. The van der Waals surface area contributed by atoms with Crippen molar-refractivity contribution in [2.24, 2.45) is 11.7 Å². The topological polar surface area (TPSA) is 29.3 Å². The van der Waals surface area contributed by atoms with Crippen LogP contribution in [0.2, 0.25) is 0 Å². The lowest BCUT2D eigenvalue weighted by atomic mass is 10.0. The minimum Gasteiger partial charge on any atom is -0.375 e. The van der Waals surface area contributed by atoms with Gasteiger partial charge in [-0.1, -0.05) is 31.5 Å². The van der Waals surface area contributed by atoms with Crippen molar-refractivity contribution in [1.82, 2.24) is 0 Å². The molecule has 0 bridgehead atoms. The molecule has 0 amide bonds. The smallest absolute Gasteiger partial charge is 0.0363 e. The first-order chi connectivity index (χ1) is 7.50. The van der Waals surface area contributed by atoms with E-state index in [2.05, 4.69) is 57.0 Å². The molecule has 16 heavy (non-hydrogen) atoms. The average molecular weight is 220 g/mol. The van der Waals surface area contributed by atoms with Crippen LogP contribution in [0.1, 0.15) is 25.8 Å². The summed E-state index contributed by atoms with van der Waals surface area (Å²) in [6, 6.07) is 8.92. The molecular formula is C14H24N2. The Morgan fingerprint density at radius 3 is 2.25 bits per heavy atom. The second kappa shape index (κ2) is 5.90. The Morgan fingerprint density at radius 2 is 1.75 bits per heavy atom. The highest BCUT2D eigenvalue weighted by molar-refractivity contribution is 5.46. The van der Waals surface area contributed by atoms with Crippen molar-refractivity contribution >= 4 is 5.69 Å². The van der Waals surface area contributed by atoms with Crippen molar-refractivity contribution in [2.45, 2.75) is 33.2 Å². The Morgan fingerprint density at radius 1 is 1.19 bits per heavy atom. The summed E-state index contributed by atoms with van der Waals surface area (Å²) in [5, 5.41) is 0. The molecule has 1 aromatic carbocycles. The highest BCUT2D eigenvalue weighted by Gasteiger charge is 2.08. The zero-order chi connectivity index (χ0) is 12.1. The summed E-state index contributed by atoms with van der Waals surface area (Å²) in [5.74, 6) is 0.561. The fourth-order valence-electron chi connectivity index (χ4n) is 1.60. The predicted octanol–water partition coefficient (Wildman–Crippen LogP) is 2.80. The predicted molar refractivity (Wildman–Crippen MR) is 71.9 cm³/mol. The van der Waals surface area contributed by atoms with Gasteiger partial charge in [-0.25, -0.2) is 0 Å². The van der Waals surface area contributed by atoms with Gasteiger partial charge in [-0.15, -0.1) is 0 Å². The first-order valence-corrected chi connectivity index (χ1v) is 6.04. The lowest BCUT2D eigenvalue weighted by Gasteiger charge is -2.23. The van der Waals surface area contributed by atoms with Crippen molar-refractivity contribution in [3.63, 3.8) is 0 Å². The zero-order valence-corrected chi connectivity index (χ0v) is 10.9. The van der Waals surface area contributed by atoms with Crippen LogP contribution >= 0.6 is 0 Å². The summed E-state index contributed by atoms with van der Waals surface area (Å²) in [6.07, 6.45) is 1.04. The van der Waals surface area contributed by atoms with E-state index in [1.54, 1.807) is 0 Å². The second-order valence-electron chi connectivity index (χ2n) is 4.95. The SMILES string of the molecule is Cc1ccc(N(C)CCC(N)C(C)C)cc1. The number of nitrogens with two attached hydrogens (primary N) is 1. The van der Waals surface area contributed by atoms with Crippen LogP contribution in [0.25, 0.3) is 0 Å². The van der Waals surface area contributed by atoms with Crippen LogP contribution in [-0.4, -0.2) is 19.6 Å². The molecule has 1 rings (SSSR count). The number of hydrogen-bond acceptors (Lipinski definition) is 2. The lowest BCUT2D eigenvalue weighted by Crippen LogP contribution is -2.31. The Kier molecular flexibility index (Phi) is 4.81. The van der Waals surface area contributed by atoms with Gasteiger partial charge in [0.25, 0.3) is 0 Å². The standard InChI is InChI=1S/C14H24N2/c1-11(2)14(15)9-10-16(4)13-7-5-12(3)6-8-13/h5-8,11,14H,9-10,15H2,1-4H3. The first kappa shape index (κ1) is 13.0. The minimum absolute atomic E-state index is 0.299.